The molecule has 0 aromatic carbocycles. The lowest BCUT2D eigenvalue weighted by molar-refractivity contribution is 0.151. The van der Waals surface area contributed by atoms with Gasteiger partial charge in [0.15, 0.2) is 8.32 Å². The van der Waals surface area contributed by atoms with Gasteiger partial charge >= 0.3 is 0 Å². The molecule has 1 aromatic rings. The maximum atomic E-state index is 6.72. The molecule has 130 valence electrons. The van der Waals surface area contributed by atoms with Crippen LogP contribution in [0.15, 0.2) is 17.5 Å². The number of hydrogen-bond acceptors (Lipinski definition) is 2. The second-order valence-corrected chi connectivity index (χ2v) is 14.3. The molecule has 0 aliphatic carbocycles. The maximum Gasteiger partial charge on any atom is 0.192 e. The van der Waals surface area contributed by atoms with Gasteiger partial charge in [-0.25, -0.2) is 0 Å². The average molecular weight is 371 g/mol. The van der Waals surface area contributed by atoms with Gasteiger partial charge in [0.05, 0.1) is 6.10 Å². The Morgan fingerprint density at radius 3 is 2.43 bits per heavy atom. The van der Waals surface area contributed by atoms with Crippen molar-refractivity contribution in [2.75, 3.05) is 0 Å². The highest BCUT2D eigenvalue weighted by atomic mass is 35.5. The highest BCUT2D eigenvalue weighted by molar-refractivity contribution is 7.10. The minimum absolute atomic E-state index is 0.0787. The quantitative estimate of drug-likeness (QED) is 0.282. The van der Waals surface area contributed by atoms with Crippen LogP contribution in [0.3, 0.4) is 0 Å². The van der Waals surface area contributed by atoms with E-state index in [1.54, 1.807) is 11.3 Å². The molecule has 0 aliphatic heterocycles. The van der Waals surface area contributed by atoms with E-state index in [0.29, 0.717) is 12.3 Å². The summed E-state index contributed by atoms with van der Waals surface area (Å²) in [5.74, 6) is 3.18. The molecule has 1 rings (SSSR count). The fraction of sp³-hybridized carbons (Fsp3) is 0.684. The largest absolute Gasteiger partial charge is 0.412 e. The van der Waals surface area contributed by atoms with E-state index >= 15 is 0 Å². The molecule has 1 nitrogen and oxygen atoms in total. The Balaban J connectivity index is 3.03. The highest BCUT2D eigenvalue weighted by Gasteiger charge is 2.40. The zero-order valence-electron chi connectivity index (χ0n) is 15.4. The average Bonchev–Trinajstić information content (AvgIpc) is 2.91. The summed E-state index contributed by atoms with van der Waals surface area (Å²) in [4.78, 5) is 1.36. The summed E-state index contributed by atoms with van der Waals surface area (Å²) in [6, 6.07) is 4.31. The number of alkyl halides is 1. The topological polar surface area (TPSA) is 9.23 Å². The molecule has 0 saturated heterocycles. The van der Waals surface area contributed by atoms with E-state index in [-0.39, 0.29) is 16.5 Å². The third-order valence-electron chi connectivity index (χ3n) is 4.80. The molecular weight excluding hydrogens is 340 g/mol. The van der Waals surface area contributed by atoms with E-state index in [9.17, 15) is 0 Å². The Kier molecular flexibility index (Phi) is 7.87. The second kappa shape index (κ2) is 8.71. The van der Waals surface area contributed by atoms with Crippen molar-refractivity contribution < 1.29 is 4.43 Å². The molecule has 3 unspecified atom stereocenters. The van der Waals surface area contributed by atoms with Crippen LogP contribution in [0.4, 0.5) is 0 Å². The number of rotatable bonds is 8. The molecule has 0 fully saturated rings. The predicted octanol–water partition coefficient (Wildman–Crippen LogP) is 6.65. The number of thiophene rings is 1. The van der Waals surface area contributed by atoms with Crippen LogP contribution >= 0.6 is 22.9 Å². The Bertz CT molecular complexity index is 496. The van der Waals surface area contributed by atoms with Gasteiger partial charge in [-0.05, 0) is 49.3 Å². The number of terminal acetylenes is 1. The first-order valence-corrected chi connectivity index (χ1v) is 12.6. The first kappa shape index (κ1) is 20.8. The lowest BCUT2D eigenvalue weighted by Crippen LogP contribution is -2.45. The molecule has 0 amide bonds. The van der Waals surface area contributed by atoms with E-state index in [2.05, 4.69) is 64.2 Å². The van der Waals surface area contributed by atoms with Crippen molar-refractivity contribution in [2.45, 2.75) is 82.5 Å². The molecule has 0 saturated carbocycles. The van der Waals surface area contributed by atoms with Crippen LogP contribution in [-0.2, 0) is 4.43 Å². The van der Waals surface area contributed by atoms with Gasteiger partial charge in [0.1, 0.15) is 0 Å². The summed E-state index contributed by atoms with van der Waals surface area (Å²) < 4.78 is 6.72. The lowest BCUT2D eigenvalue weighted by atomic mass is 9.92. The van der Waals surface area contributed by atoms with E-state index in [4.69, 9.17) is 22.5 Å². The number of hydrogen-bond donors (Lipinski definition) is 0. The van der Waals surface area contributed by atoms with Crippen LogP contribution in [-0.4, -0.2) is 19.8 Å². The van der Waals surface area contributed by atoms with Gasteiger partial charge < -0.3 is 4.43 Å². The van der Waals surface area contributed by atoms with E-state index in [0.717, 1.165) is 12.8 Å². The van der Waals surface area contributed by atoms with E-state index in [1.165, 1.54) is 4.88 Å². The van der Waals surface area contributed by atoms with Crippen LogP contribution in [0.2, 0.25) is 18.1 Å². The van der Waals surface area contributed by atoms with Gasteiger partial charge in [-0.15, -0.1) is 35.3 Å². The van der Waals surface area contributed by atoms with Gasteiger partial charge in [0, 0.05) is 22.6 Å². The van der Waals surface area contributed by atoms with Crippen molar-refractivity contribution in [1.82, 2.24) is 0 Å². The molecular formula is C19H31ClOSSi. The van der Waals surface area contributed by atoms with Gasteiger partial charge in [-0.1, -0.05) is 26.8 Å². The lowest BCUT2D eigenvalue weighted by Gasteiger charge is -2.41. The molecule has 0 spiro atoms. The van der Waals surface area contributed by atoms with Crippen LogP contribution in [0.1, 0.15) is 57.8 Å². The van der Waals surface area contributed by atoms with Gasteiger partial charge in [-0.3, -0.25) is 0 Å². The minimum atomic E-state index is -1.86. The summed E-state index contributed by atoms with van der Waals surface area (Å²) in [5, 5.41) is 2.49. The summed E-state index contributed by atoms with van der Waals surface area (Å²) in [6.07, 6.45) is 8.40. The standard InChI is InChI=1S/C19H31ClOSSi/c1-8-10-17(21-23(6,7)19(3,4)5)16(13-12-15(2)20)18-11-9-14-22-18/h1,9,11,14-17H,10,12-13H2,2-7H3. The van der Waals surface area contributed by atoms with Crippen molar-refractivity contribution in [3.63, 3.8) is 0 Å². The Labute approximate surface area is 152 Å². The zero-order chi connectivity index (χ0) is 17.7. The monoisotopic (exact) mass is 370 g/mol. The van der Waals surface area contributed by atoms with Crippen LogP contribution in [0.25, 0.3) is 0 Å². The third-order valence-corrected chi connectivity index (χ3v) is 10.5. The molecule has 0 bridgehead atoms. The van der Waals surface area contributed by atoms with Gasteiger partial charge in [0.25, 0.3) is 0 Å². The molecule has 1 heterocycles. The minimum Gasteiger partial charge on any atom is -0.412 e. The molecule has 1 aromatic heterocycles. The fourth-order valence-corrected chi connectivity index (χ4v) is 4.76. The number of halogens is 1. The molecule has 0 N–H and O–H groups in total. The first-order valence-electron chi connectivity index (χ1n) is 8.37. The second-order valence-electron chi connectivity index (χ2n) is 7.80. The van der Waals surface area contributed by atoms with Crippen LogP contribution in [0.5, 0.6) is 0 Å². The summed E-state index contributed by atoms with van der Waals surface area (Å²) in [5.41, 5.74) is 0. The van der Waals surface area contributed by atoms with E-state index in [1.807, 2.05) is 0 Å². The first-order chi connectivity index (χ1) is 10.6. The molecule has 4 heteroatoms. The molecule has 23 heavy (non-hydrogen) atoms. The summed E-state index contributed by atoms with van der Waals surface area (Å²) >= 11 is 8.00. The van der Waals surface area contributed by atoms with Gasteiger partial charge in [0.2, 0.25) is 0 Å². The fourth-order valence-electron chi connectivity index (χ4n) is 2.36. The summed E-state index contributed by atoms with van der Waals surface area (Å²) in [7, 11) is -1.86. The van der Waals surface area contributed by atoms with Crippen LogP contribution in [0, 0.1) is 12.3 Å². The van der Waals surface area contributed by atoms with Crippen molar-refractivity contribution in [3.05, 3.63) is 22.4 Å². The van der Waals surface area contributed by atoms with E-state index < -0.39 is 8.32 Å². The summed E-state index contributed by atoms with van der Waals surface area (Å²) in [6.45, 7) is 13.5. The predicted molar refractivity (Wildman–Crippen MR) is 107 cm³/mol. The Hall–Kier alpha value is -0.273. The third kappa shape index (κ3) is 6.27. The van der Waals surface area contributed by atoms with Crippen molar-refractivity contribution in [1.29, 1.82) is 0 Å². The SMILES string of the molecule is C#CCC(O[Si](C)(C)C(C)(C)C)C(CCC(C)Cl)c1cccs1. The zero-order valence-corrected chi connectivity index (χ0v) is 17.9. The normalized spacial score (nSPS) is 16.6. The molecule has 0 radical (unpaired) electrons. The smallest absolute Gasteiger partial charge is 0.192 e. The highest BCUT2D eigenvalue weighted by Crippen LogP contribution is 2.41. The maximum absolute atomic E-state index is 6.72. The molecule has 0 aliphatic rings. The van der Waals surface area contributed by atoms with Gasteiger partial charge in [-0.2, -0.15) is 0 Å². The van der Waals surface area contributed by atoms with Crippen LogP contribution < -0.4 is 0 Å². The molecule has 3 atom stereocenters. The van der Waals surface area contributed by atoms with Crippen molar-refractivity contribution in [2.24, 2.45) is 0 Å². The van der Waals surface area contributed by atoms with Crippen molar-refractivity contribution >= 4 is 31.3 Å². The Morgan fingerprint density at radius 2 is 2.00 bits per heavy atom. The Morgan fingerprint density at radius 1 is 1.35 bits per heavy atom. The van der Waals surface area contributed by atoms with Crippen molar-refractivity contribution in [3.8, 4) is 12.3 Å².